The second kappa shape index (κ2) is 8.07. The summed E-state index contributed by atoms with van der Waals surface area (Å²) in [4.78, 5) is 30.2. The van der Waals surface area contributed by atoms with Gasteiger partial charge in [0.15, 0.2) is 0 Å². The Balaban J connectivity index is 1.97. The maximum Gasteiger partial charge on any atom is 0.263 e. The van der Waals surface area contributed by atoms with Crippen LogP contribution in [0.25, 0.3) is 10.9 Å². The number of benzene rings is 2. The van der Waals surface area contributed by atoms with Crippen LogP contribution < -0.4 is 10.9 Å². The van der Waals surface area contributed by atoms with Gasteiger partial charge in [0.2, 0.25) is 0 Å². The summed E-state index contributed by atoms with van der Waals surface area (Å²) in [6.45, 7) is 8.85. The number of phenols is 1. The fraction of sp³-hybridized carbons (Fsp3) is 0.348. The van der Waals surface area contributed by atoms with Crippen LogP contribution in [-0.4, -0.2) is 20.6 Å². The van der Waals surface area contributed by atoms with Crippen LogP contribution in [0.4, 0.5) is 5.69 Å². The average molecular weight is 393 g/mol. The highest BCUT2D eigenvalue weighted by Crippen LogP contribution is 2.23. The van der Waals surface area contributed by atoms with Gasteiger partial charge in [-0.1, -0.05) is 33.8 Å². The monoisotopic (exact) mass is 393 g/mol. The van der Waals surface area contributed by atoms with E-state index >= 15 is 0 Å². The number of carbonyl (C=O) groups excluding carboxylic acids is 1. The molecule has 2 N–H and O–H groups in total. The van der Waals surface area contributed by atoms with E-state index in [-0.39, 0.29) is 22.6 Å². The molecule has 0 radical (unpaired) electrons. The number of hydrogen-bond acceptors (Lipinski definition) is 4. The highest BCUT2D eigenvalue weighted by atomic mass is 16.3. The summed E-state index contributed by atoms with van der Waals surface area (Å²) >= 11 is 0. The SMILES string of the molecule is CCc1cc(C(=O)Nc2cccc3ncn(CCC(C)(C)C)c(=O)c23)ccc1O. The van der Waals surface area contributed by atoms with Gasteiger partial charge >= 0.3 is 0 Å². The van der Waals surface area contributed by atoms with Gasteiger partial charge in [-0.25, -0.2) is 4.98 Å². The molecule has 1 amide bonds. The Morgan fingerprint density at radius 2 is 1.97 bits per heavy atom. The summed E-state index contributed by atoms with van der Waals surface area (Å²) < 4.78 is 1.60. The molecule has 0 aliphatic carbocycles. The molecule has 1 aromatic heterocycles. The number of nitrogens with zero attached hydrogens (tertiary/aromatic N) is 2. The van der Waals surface area contributed by atoms with Crippen molar-refractivity contribution in [1.82, 2.24) is 9.55 Å². The van der Waals surface area contributed by atoms with E-state index in [0.29, 0.717) is 40.7 Å². The third-order valence-corrected chi connectivity index (χ3v) is 4.93. The van der Waals surface area contributed by atoms with Crippen molar-refractivity contribution in [2.24, 2.45) is 5.41 Å². The van der Waals surface area contributed by atoms with E-state index in [4.69, 9.17) is 0 Å². The van der Waals surface area contributed by atoms with Crippen molar-refractivity contribution < 1.29 is 9.90 Å². The molecule has 0 aliphatic heterocycles. The third kappa shape index (κ3) is 4.65. The lowest BCUT2D eigenvalue weighted by Crippen LogP contribution is -2.24. The van der Waals surface area contributed by atoms with E-state index in [9.17, 15) is 14.7 Å². The highest BCUT2D eigenvalue weighted by molar-refractivity contribution is 6.08. The summed E-state index contributed by atoms with van der Waals surface area (Å²) in [6, 6.07) is 9.97. The minimum atomic E-state index is -0.336. The number of aromatic nitrogens is 2. The average Bonchev–Trinajstić information content (AvgIpc) is 2.67. The van der Waals surface area contributed by atoms with E-state index in [1.54, 1.807) is 41.2 Å². The predicted octanol–water partition coefficient (Wildman–Crippen LogP) is 4.35. The molecule has 0 atom stereocenters. The summed E-state index contributed by atoms with van der Waals surface area (Å²) in [5.74, 6) is -0.170. The predicted molar refractivity (Wildman–Crippen MR) is 116 cm³/mol. The van der Waals surface area contributed by atoms with Gasteiger partial charge in [-0.3, -0.25) is 14.2 Å². The van der Waals surface area contributed by atoms with Crippen molar-refractivity contribution in [3.05, 3.63) is 64.2 Å². The fourth-order valence-electron chi connectivity index (χ4n) is 3.12. The highest BCUT2D eigenvalue weighted by Gasteiger charge is 2.15. The molecule has 2 aromatic carbocycles. The Kier molecular flexibility index (Phi) is 5.73. The molecule has 152 valence electrons. The minimum absolute atomic E-state index is 0.0952. The molecule has 1 heterocycles. The maximum atomic E-state index is 13.1. The largest absolute Gasteiger partial charge is 0.508 e. The zero-order chi connectivity index (χ0) is 21.2. The molecule has 29 heavy (non-hydrogen) atoms. The Morgan fingerprint density at radius 1 is 1.21 bits per heavy atom. The number of nitrogens with one attached hydrogen (secondary N) is 1. The number of phenolic OH excluding ortho intramolecular Hbond substituents is 1. The van der Waals surface area contributed by atoms with Crippen molar-refractivity contribution in [3.63, 3.8) is 0 Å². The zero-order valence-corrected chi connectivity index (χ0v) is 17.3. The first-order valence-corrected chi connectivity index (χ1v) is 9.81. The topological polar surface area (TPSA) is 84.2 Å². The van der Waals surface area contributed by atoms with Gasteiger partial charge in [-0.15, -0.1) is 0 Å². The number of fused-ring (bicyclic) bond motifs is 1. The lowest BCUT2D eigenvalue weighted by atomic mass is 9.92. The lowest BCUT2D eigenvalue weighted by molar-refractivity contribution is 0.102. The van der Waals surface area contributed by atoms with Crippen molar-refractivity contribution in [2.75, 3.05) is 5.32 Å². The van der Waals surface area contributed by atoms with E-state index in [0.717, 1.165) is 6.42 Å². The molecule has 0 spiro atoms. The molecule has 3 aromatic rings. The van der Waals surface area contributed by atoms with Gasteiger partial charge in [-0.05, 0) is 54.2 Å². The second-order valence-electron chi connectivity index (χ2n) is 8.40. The van der Waals surface area contributed by atoms with Crippen molar-refractivity contribution in [2.45, 2.75) is 47.1 Å². The van der Waals surface area contributed by atoms with Crippen molar-refractivity contribution >= 4 is 22.5 Å². The summed E-state index contributed by atoms with van der Waals surface area (Å²) in [6.07, 6.45) is 3.01. The number of amides is 1. The lowest BCUT2D eigenvalue weighted by Gasteiger charge is -2.18. The number of carbonyl (C=O) groups is 1. The van der Waals surface area contributed by atoms with Crippen molar-refractivity contribution in [1.29, 1.82) is 0 Å². The first-order valence-electron chi connectivity index (χ1n) is 9.81. The minimum Gasteiger partial charge on any atom is -0.508 e. The normalized spacial score (nSPS) is 11.6. The van der Waals surface area contributed by atoms with Crippen LogP contribution in [0.5, 0.6) is 5.75 Å². The van der Waals surface area contributed by atoms with E-state index in [1.165, 1.54) is 6.07 Å². The van der Waals surface area contributed by atoms with Gasteiger partial charge in [0, 0.05) is 12.1 Å². The van der Waals surface area contributed by atoms with Crippen LogP contribution in [0.3, 0.4) is 0 Å². The van der Waals surface area contributed by atoms with Gasteiger partial charge in [0.25, 0.3) is 11.5 Å². The van der Waals surface area contributed by atoms with E-state index in [2.05, 4.69) is 31.1 Å². The van der Waals surface area contributed by atoms with E-state index < -0.39 is 0 Å². The van der Waals surface area contributed by atoms with Gasteiger partial charge in [0.1, 0.15) is 5.75 Å². The number of anilines is 1. The molecule has 0 bridgehead atoms. The first kappa shape index (κ1) is 20.6. The molecule has 0 saturated heterocycles. The summed E-state index contributed by atoms with van der Waals surface area (Å²) in [7, 11) is 0. The van der Waals surface area contributed by atoms with Crippen LogP contribution >= 0.6 is 0 Å². The summed E-state index contributed by atoms with van der Waals surface area (Å²) in [5.41, 5.74) is 2.02. The van der Waals surface area contributed by atoms with Gasteiger partial charge in [-0.2, -0.15) is 0 Å². The Bertz CT molecular complexity index is 1110. The third-order valence-electron chi connectivity index (χ3n) is 4.93. The Morgan fingerprint density at radius 3 is 2.66 bits per heavy atom. The van der Waals surface area contributed by atoms with Crippen LogP contribution in [0, 0.1) is 5.41 Å². The molecule has 0 fully saturated rings. The smallest absolute Gasteiger partial charge is 0.263 e. The molecule has 6 heteroatoms. The number of rotatable bonds is 5. The van der Waals surface area contributed by atoms with Crippen molar-refractivity contribution in [3.8, 4) is 5.75 Å². The molecule has 0 aliphatic rings. The Labute approximate surface area is 170 Å². The molecule has 6 nitrogen and oxygen atoms in total. The zero-order valence-electron chi connectivity index (χ0n) is 17.3. The van der Waals surface area contributed by atoms with Gasteiger partial charge < -0.3 is 10.4 Å². The standard InChI is InChI=1S/C23H27N3O3/c1-5-15-13-16(9-10-19(15)27)21(28)25-18-8-6-7-17-20(18)22(29)26(14-24-17)12-11-23(2,3)4/h6-10,13-14,27H,5,11-12H2,1-4H3,(H,25,28). The van der Waals surface area contributed by atoms with Crippen LogP contribution in [0.15, 0.2) is 47.5 Å². The Hall–Kier alpha value is -3.15. The molecular weight excluding hydrogens is 366 g/mol. The molecular formula is C23H27N3O3. The van der Waals surface area contributed by atoms with Gasteiger partial charge in [0.05, 0.1) is 22.9 Å². The quantitative estimate of drug-likeness (QED) is 0.675. The second-order valence-corrected chi connectivity index (χ2v) is 8.40. The molecule has 3 rings (SSSR count). The van der Waals surface area contributed by atoms with E-state index in [1.807, 2.05) is 6.92 Å². The molecule has 0 saturated carbocycles. The van der Waals surface area contributed by atoms with Crippen LogP contribution in [0.2, 0.25) is 0 Å². The summed E-state index contributed by atoms with van der Waals surface area (Å²) in [5, 5.41) is 13.1. The van der Waals surface area contributed by atoms with Crippen LogP contribution in [0.1, 0.15) is 50.0 Å². The maximum absolute atomic E-state index is 13.1. The molecule has 0 unspecified atom stereocenters. The number of aryl methyl sites for hydroxylation is 2. The number of hydrogen-bond donors (Lipinski definition) is 2. The first-order chi connectivity index (χ1) is 13.7. The fourth-order valence-corrected chi connectivity index (χ4v) is 3.12. The van der Waals surface area contributed by atoms with Crippen LogP contribution in [-0.2, 0) is 13.0 Å². The number of aromatic hydroxyl groups is 1.